The number of hydrogen-bond acceptors (Lipinski definition) is 4. The highest BCUT2D eigenvalue weighted by Gasteiger charge is 2.24. The van der Waals surface area contributed by atoms with E-state index in [-0.39, 0.29) is 18.5 Å². The molecule has 1 aliphatic heterocycles. The first kappa shape index (κ1) is 18.8. The molecule has 0 aliphatic carbocycles. The third-order valence-corrected chi connectivity index (χ3v) is 4.61. The van der Waals surface area contributed by atoms with E-state index in [2.05, 4.69) is 4.90 Å². The molecule has 26 heavy (non-hydrogen) atoms. The van der Waals surface area contributed by atoms with E-state index in [0.717, 1.165) is 29.0 Å². The summed E-state index contributed by atoms with van der Waals surface area (Å²) in [5.74, 6) is 0.550. The average Bonchev–Trinajstić information content (AvgIpc) is 2.63. The van der Waals surface area contributed by atoms with E-state index in [0.29, 0.717) is 19.7 Å². The van der Waals surface area contributed by atoms with E-state index in [1.165, 1.54) is 12.1 Å². The summed E-state index contributed by atoms with van der Waals surface area (Å²) < 4.78 is 25.0. The zero-order chi connectivity index (χ0) is 18.5. The van der Waals surface area contributed by atoms with Gasteiger partial charge in [0.15, 0.2) is 0 Å². The lowest BCUT2D eigenvalue weighted by Crippen LogP contribution is -2.43. The van der Waals surface area contributed by atoms with E-state index in [1.54, 1.807) is 6.07 Å². The Hall–Kier alpha value is -1.95. The van der Waals surface area contributed by atoms with E-state index in [9.17, 15) is 9.50 Å². The van der Waals surface area contributed by atoms with Gasteiger partial charge in [-0.15, -0.1) is 0 Å². The Labute approximate surface area is 154 Å². The maximum Gasteiger partial charge on any atom is 0.123 e. The van der Waals surface area contributed by atoms with E-state index >= 15 is 0 Å². The molecule has 1 aliphatic rings. The third kappa shape index (κ3) is 5.04. The molecule has 0 radical (unpaired) electrons. The van der Waals surface area contributed by atoms with Crippen molar-refractivity contribution in [3.8, 4) is 5.75 Å². The number of rotatable bonds is 6. The molecule has 0 bridgehead atoms. The summed E-state index contributed by atoms with van der Waals surface area (Å²) in [6, 6.07) is 12.5. The lowest BCUT2D eigenvalue weighted by Gasteiger charge is -2.34. The Morgan fingerprint density at radius 3 is 2.92 bits per heavy atom. The second-order valence-corrected chi connectivity index (χ2v) is 6.91. The summed E-state index contributed by atoms with van der Waals surface area (Å²) in [5.41, 5.74) is 3.02. The summed E-state index contributed by atoms with van der Waals surface area (Å²) in [4.78, 5) is 2.14. The Kier molecular flexibility index (Phi) is 6.25. The predicted molar refractivity (Wildman–Crippen MR) is 99.0 cm³/mol. The molecule has 0 spiro atoms. The maximum absolute atomic E-state index is 13.4. The van der Waals surface area contributed by atoms with Crippen molar-refractivity contribution in [3.05, 3.63) is 65.0 Å². The van der Waals surface area contributed by atoms with Crippen LogP contribution in [0.25, 0.3) is 0 Å². The van der Waals surface area contributed by atoms with Crippen molar-refractivity contribution in [1.29, 1.82) is 0 Å². The molecule has 2 aromatic rings. The molecule has 2 unspecified atom stereocenters. The van der Waals surface area contributed by atoms with Gasteiger partial charge in [0.1, 0.15) is 24.3 Å². The molecular weight excluding hydrogens is 333 g/mol. The van der Waals surface area contributed by atoms with Crippen LogP contribution in [0.3, 0.4) is 0 Å². The number of aliphatic hydroxyl groups excluding tert-OH is 1. The van der Waals surface area contributed by atoms with Gasteiger partial charge in [0.2, 0.25) is 0 Å². The molecule has 2 atom stereocenters. The fourth-order valence-corrected chi connectivity index (χ4v) is 3.18. The van der Waals surface area contributed by atoms with Crippen LogP contribution in [-0.2, 0) is 4.74 Å². The van der Waals surface area contributed by atoms with Crippen LogP contribution in [0.15, 0.2) is 42.5 Å². The first-order chi connectivity index (χ1) is 12.5. The first-order valence-corrected chi connectivity index (χ1v) is 8.99. The second-order valence-electron chi connectivity index (χ2n) is 6.91. The van der Waals surface area contributed by atoms with Crippen molar-refractivity contribution in [3.63, 3.8) is 0 Å². The van der Waals surface area contributed by atoms with Crippen molar-refractivity contribution in [2.24, 2.45) is 0 Å². The second kappa shape index (κ2) is 8.62. The Balaban J connectivity index is 1.52. The molecule has 0 saturated carbocycles. The number of hydrogen-bond donors (Lipinski definition) is 1. The summed E-state index contributed by atoms with van der Waals surface area (Å²) in [7, 11) is 0. The van der Waals surface area contributed by atoms with Crippen LogP contribution < -0.4 is 4.74 Å². The standard InChI is InChI=1S/C21H26FNO3/c1-15-6-7-16(2)20(10-15)26-14-19(24)12-23-8-9-25-21(13-23)17-4-3-5-18(22)11-17/h3-7,10-11,19,21,24H,8-9,12-14H2,1-2H3. The number of β-amino-alcohol motifs (C(OH)–C–C–N with tert-alkyl or cyclic N) is 1. The highest BCUT2D eigenvalue weighted by molar-refractivity contribution is 5.35. The van der Waals surface area contributed by atoms with Gasteiger partial charge >= 0.3 is 0 Å². The number of benzene rings is 2. The third-order valence-electron chi connectivity index (χ3n) is 4.61. The molecule has 0 aromatic heterocycles. The summed E-state index contributed by atoms with van der Waals surface area (Å²) in [6.45, 7) is 6.68. The monoisotopic (exact) mass is 359 g/mol. The molecule has 3 rings (SSSR count). The van der Waals surface area contributed by atoms with Gasteiger partial charge in [-0.2, -0.15) is 0 Å². The lowest BCUT2D eigenvalue weighted by atomic mass is 10.1. The number of aliphatic hydroxyl groups is 1. The number of ether oxygens (including phenoxy) is 2. The minimum Gasteiger partial charge on any atom is -0.491 e. The van der Waals surface area contributed by atoms with Gasteiger partial charge in [-0.3, -0.25) is 4.90 Å². The molecule has 1 saturated heterocycles. The van der Waals surface area contributed by atoms with Crippen LogP contribution in [0.5, 0.6) is 5.75 Å². The molecule has 1 fully saturated rings. The highest BCUT2D eigenvalue weighted by Crippen LogP contribution is 2.23. The first-order valence-electron chi connectivity index (χ1n) is 8.99. The molecule has 1 heterocycles. The van der Waals surface area contributed by atoms with E-state index in [4.69, 9.17) is 9.47 Å². The molecule has 0 amide bonds. The van der Waals surface area contributed by atoms with Gasteiger partial charge in [-0.1, -0.05) is 24.3 Å². The van der Waals surface area contributed by atoms with Crippen molar-refractivity contribution in [2.75, 3.05) is 32.8 Å². The Morgan fingerprint density at radius 1 is 1.27 bits per heavy atom. The van der Waals surface area contributed by atoms with Crippen LogP contribution in [0.1, 0.15) is 22.8 Å². The predicted octanol–water partition coefficient (Wildman–Crippen LogP) is 3.26. The molecule has 140 valence electrons. The molecule has 2 aromatic carbocycles. The minimum atomic E-state index is -0.596. The summed E-state index contributed by atoms with van der Waals surface area (Å²) in [6.07, 6.45) is -0.771. The number of morpholine rings is 1. The minimum absolute atomic E-state index is 0.174. The average molecular weight is 359 g/mol. The Morgan fingerprint density at radius 2 is 2.12 bits per heavy atom. The van der Waals surface area contributed by atoms with Crippen LogP contribution in [0.2, 0.25) is 0 Å². The summed E-state index contributed by atoms with van der Waals surface area (Å²) >= 11 is 0. The normalized spacial score (nSPS) is 19.3. The van der Waals surface area contributed by atoms with Crippen LogP contribution >= 0.6 is 0 Å². The molecule has 1 N–H and O–H groups in total. The van der Waals surface area contributed by atoms with Gasteiger partial charge < -0.3 is 14.6 Å². The van der Waals surface area contributed by atoms with Crippen molar-refractivity contribution in [2.45, 2.75) is 26.1 Å². The molecule has 5 heteroatoms. The zero-order valence-electron chi connectivity index (χ0n) is 15.3. The van der Waals surface area contributed by atoms with Gasteiger partial charge in [-0.25, -0.2) is 4.39 Å². The van der Waals surface area contributed by atoms with Gasteiger partial charge in [0, 0.05) is 19.6 Å². The number of aryl methyl sites for hydroxylation is 2. The SMILES string of the molecule is Cc1ccc(C)c(OCC(O)CN2CCOC(c3cccc(F)c3)C2)c1. The zero-order valence-corrected chi connectivity index (χ0v) is 15.3. The summed E-state index contributed by atoms with van der Waals surface area (Å²) in [5, 5.41) is 10.4. The van der Waals surface area contributed by atoms with Crippen molar-refractivity contribution >= 4 is 0 Å². The van der Waals surface area contributed by atoms with Gasteiger partial charge in [-0.05, 0) is 48.7 Å². The Bertz CT molecular complexity index is 737. The smallest absolute Gasteiger partial charge is 0.123 e. The van der Waals surface area contributed by atoms with Crippen molar-refractivity contribution < 1.29 is 19.0 Å². The lowest BCUT2D eigenvalue weighted by molar-refractivity contribution is -0.0460. The van der Waals surface area contributed by atoms with Gasteiger partial charge in [0.25, 0.3) is 0 Å². The number of halogens is 1. The van der Waals surface area contributed by atoms with Gasteiger partial charge in [0.05, 0.1) is 12.7 Å². The largest absolute Gasteiger partial charge is 0.491 e. The maximum atomic E-state index is 13.4. The molecule has 4 nitrogen and oxygen atoms in total. The van der Waals surface area contributed by atoms with E-state index < -0.39 is 6.10 Å². The van der Waals surface area contributed by atoms with Crippen LogP contribution in [-0.4, -0.2) is 49.0 Å². The molecular formula is C21H26FNO3. The fourth-order valence-electron chi connectivity index (χ4n) is 3.18. The highest BCUT2D eigenvalue weighted by atomic mass is 19.1. The van der Waals surface area contributed by atoms with Crippen LogP contribution in [0.4, 0.5) is 4.39 Å². The van der Waals surface area contributed by atoms with Crippen LogP contribution in [0, 0.1) is 19.7 Å². The van der Waals surface area contributed by atoms with E-state index in [1.807, 2.05) is 38.1 Å². The topological polar surface area (TPSA) is 41.9 Å². The fraction of sp³-hybridized carbons (Fsp3) is 0.429. The number of nitrogens with zero attached hydrogens (tertiary/aromatic N) is 1. The quantitative estimate of drug-likeness (QED) is 0.860. The van der Waals surface area contributed by atoms with Crippen molar-refractivity contribution in [1.82, 2.24) is 4.90 Å².